The van der Waals surface area contributed by atoms with Crippen LogP contribution in [0.5, 0.6) is 0 Å². The number of halogens is 2. The highest BCUT2D eigenvalue weighted by Crippen LogP contribution is 2.08. The Morgan fingerprint density at radius 3 is 2.42 bits per heavy atom. The van der Waals surface area contributed by atoms with Crippen molar-refractivity contribution >= 4 is 0 Å². The third-order valence-corrected chi connectivity index (χ3v) is 3.22. The van der Waals surface area contributed by atoms with Gasteiger partial charge in [-0.2, -0.15) is 0 Å². The van der Waals surface area contributed by atoms with Crippen molar-refractivity contribution in [1.82, 2.24) is 10.2 Å². The third kappa shape index (κ3) is 5.22. The maximum Gasteiger partial charge on any atom is 0.126 e. The van der Waals surface area contributed by atoms with Gasteiger partial charge < -0.3 is 10.1 Å². The summed E-state index contributed by atoms with van der Waals surface area (Å²) in [7, 11) is 0. The fourth-order valence-electron chi connectivity index (χ4n) is 2.17. The Morgan fingerprint density at radius 1 is 1.05 bits per heavy atom. The van der Waals surface area contributed by atoms with Gasteiger partial charge in [0.1, 0.15) is 11.6 Å². The summed E-state index contributed by atoms with van der Waals surface area (Å²) in [4.78, 5) is 2.35. The summed E-state index contributed by atoms with van der Waals surface area (Å²) >= 11 is 0. The van der Waals surface area contributed by atoms with Crippen LogP contribution >= 0.6 is 0 Å². The third-order valence-electron chi connectivity index (χ3n) is 3.22. The number of ether oxygens (including phenoxy) is 1. The number of hydrogen-bond donors (Lipinski definition) is 1. The fraction of sp³-hybridized carbons (Fsp3) is 0.571. The second-order valence-electron chi connectivity index (χ2n) is 4.73. The van der Waals surface area contributed by atoms with Crippen molar-refractivity contribution in [3.05, 3.63) is 35.4 Å². The van der Waals surface area contributed by atoms with Crippen LogP contribution in [-0.2, 0) is 11.2 Å². The van der Waals surface area contributed by atoms with Crippen LogP contribution in [0.2, 0.25) is 0 Å². The van der Waals surface area contributed by atoms with Crippen molar-refractivity contribution < 1.29 is 13.5 Å². The van der Waals surface area contributed by atoms with E-state index in [1.54, 1.807) is 0 Å². The van der Waals surface area contributed by atoms with E-state index in [1.807, 2.05) is 0 Å². The van der Waals surface area contributed by atoms with Gasteiger partial charge in [0.15, 0.2) is 0 Å². The predicted octanol–water partition coefficient (Wildman–Crippen LogP) is 1.43. The molecule has 1 aromatic carbocycles. The molecule has 1 N–H and O–H groups in total. The summed E-state index contributed by atoms with van der Waals surface area (Å²) in [6.45, 7) is 6.19. The quantitative estimate of drug-likeness (QED) is 0.791. The van der Waals surface area contributed by atoms with Crippen LogP contribution in [0.4, 0.5) is 8.78 Å². The van der Waals surface area contributed by atoms with Crippen molar-refractivity contribution in [3.8, 4) is 0 Å². The Balaban J connectivity index is 1.60. The van der Waals surface area contributed by atoms with E-state index >= 15 is 0 Å². The molecular formula is C14H20F2N2O. The Morgan fingerprint density at radius 2 is 1.74 bits per heavy atom. The lowest BCUT2D eigenvalue weighted by Gasteiger charge is -2.26. The van der Waals surface area contributed by atoms with Gasteiger partial charge in [-0.05, 0) is 30.7 Å². The molecule has 1 saturated heterocycles. The van der Waals surface area contributed by atoms with Crippen LogP contribution in [0.25, 0.3) is 0 Å². The molecule has 1 aromatic rings. The molecule has 0 aliphatic carbocycles. The molecule has 0 bridgehead atoms. The smallest absolute Gasteiger partial charge is 0.126 e. The summed E-state index contributed by atoms with van der Waals surface area (Å²) in [6.07, 6.45) is 0.637. The van der Waals surface area contributed by atoms with Gasteiger partial charge >= 0.3 is 0 Å². The Hall–Kier alpha value is -1.04. The molecule has 0 unspecified atom stereocenters. The van der Waals surface area contributed by atoms with Crippen LogP contribution in [0, 0.1) is 11.6 Å². The summed E-state index contributed by atoms with van der Waals surface area (Å²) in [5, 5.41) is 3.29. The molecule has 1 aliphatic heterocycles. The van der Waals surface area contributed by atoms with Gasteiger partial charge in [0.25, 0.3) is 0 Å². The van der Waals surface area contributed by atoms with Crippen molar-refractivity contribution in [1.29, 1.82) is 0 Å². The van der Waals surface area contributed by atoms with Crippen molar-refractivity contribution in [3.63, 3.8) is 0 Å². The zero-order valence-corrected chi connectivity index (χ0v) is 11.0. The highest BCUT2D eigenvalue weighted by Gasteiger charge is 2.08. The first-order chi connectivity index (χ1) is 9.24. The second-order valence-corrected chi connectivity index (χ2v) is 4.73. The molecule has 2 rings (SSSR count). The van der Waals surface area contributed by atoms with Gasteiger partial charge in [0.05, 0.1) is 13.2 Å². The molecule has 0 radical (unpaired) electrons. The molecule has 0 atom stereocenters. The molecule has 5 heteroatoms. The maximum atomic E-state index is 13.0. The molecule has 0 aromatic heterocycles. The summed E-state index contributed by atoms with van der Waals surface area (Å²) in [6, 6.07) is 3.66. The van der Waals surface area contributed by atoms with Gasteiger partial charge in [0.2, 0.25) is 0 Å². The summed E-state index contributed by atoms with van der Waals surface area (Å²) in [5.74, 6) is -1.02. The summed E-state index contributed by atoms with van der Waals surface area (Å²) < 4.78 is 31.2. The Labute approximate surface area is 112 Å². The average Bonchev–Trinajstić information content (AvgIpc) is 2.38. The topological polar surface area (TPSA) is 24.5 Å². The maximum absolute atomic E-state index is 13.0. The van der Waals surface area contributed by atoms with E-state index in [0.717, 1.165) is 52.0 Å². The molecule has 1 aliphatic rings. The van der Waals surface area contributed by atoms with E-state index in [1.165, 1.54) is 12.1 Å². The first-order valence-electron chi connectivity index (χ1n) is 6.70. The van der Waals surface area contributed by atoms with Crippen LogP contribution < -0.4 is 5.32 Å². The lowest BCUT2D eigenvalue weighted by atomic mass is 10.1. The lowest BCUT2D eigenvalue weighted by Crippen LogP contribution is -2.40. The normalized spacial score (nSPS) is 16.7. The molecule has 106 valence electrons. The first kappa shape index (κ1) is 14.4. The minimum absolute atomic E-state index is 0.511. The zero-order valence-electron chi connectivity index (χ0n) is 11.0. The molecule has 1 fully saturated rings. The van der Waals surface area contributed by atoms with Gasteiger partial charge in [-0.15, -0.1) is 0 Å². The molecule has 3 nitrogen and oxygen atoms in total. The van der Waals surface area contributed by atoms with E-state index in [-0.39, 0.29) is 0 Å². The van der Waals surface area contributed by atoms with Gasteiger partial charge in [-0.25, -0.2) is 8.78 Å². The molecular weight excluding hydrogens is 250 g/mol. The largest absolute Gasteiger partial charge is 0.379 e. The van der Waals surface area contributed by atoms with Gasteiger partial charge in [0, 0.05) is 32.2 Å². The molecule has 0 saturated carbocycles. The molecule has 1 heterocycles. The van der Waals surface area contributed by atoms with Crippen molar-refractivity contribution in [2.75, 3.05) is 45.9 Å². The van der Waals surface area contributed by atoms with Crippen LogP contribution in [0.15, 0.2) is 18.2 Å². The number of nitrogens with zero attached hydrogens (tertiary/aromatic N) is 1. The number of rotatable bonds is 6. The van der Waals surface area contributed by atoms with Crippen LogP contribution in [-0.4, -0.2) is 50.8 Å². The van der Waals surface area contributed by atoms with Gasteiger partial charge in [-0.3, -0.25) is 4.90 Å². The van der Waals surface area contributed by atoms with Crippen LogP contribution in [0.1, 0.15) is 5.56 Å². The monoisotopic (exact) mass is 270 g/mol. The molecule has 0 spiro atoms. The lowest BCUT2D eigenvalue weighted by molar-refractivity contribution is 0.0385. The number of hydrogen-bond acceptors (Lipinski definition) is 3. The number of benzene rings is 1. The SMILES string of the molecule is Fc1cc(F)cc(CCNCCN2CCOCC2)c1. The van der Waals surface area contributed by atoms with E-state index in [2.05, 4.69) is 10.2 Å². The minimum Gasteiger partial charge on any atom is -0.379 e. The summed E-state index contributed by atoms with van der Waals surface area (Å²) in [5.41, 5.74) is 0.691. The predicted molar refractivity (Wildman–Crippen MR) is 70.2 cm³/mol. The second kappa shape index (κ2) is 7.53. The van der Waals surface area contributed by atoms with Crippen LogP contribution in [0.3, 0.4) is 0 Å². The highest BCUT2D eigenvalue weighted by molar-refractivity contribution is 5.18. The minimum atomic E-state index is -0.511. The Bertz CT molecular complexity index is 375. The first-order valence-corrected chi connectivity index (χ1v) is 6.70. The van der Waals surface area contributed by atoms with E-state index in [9.17, 15) is 8.78 Å². The standard InChI is InChI=1S/C14H20F2N2O/c15-13-9-12(10-14(16)11-13)1-2-17-3-4-18-5-7-19-8-6-18/h9-11,17H,1-8H2. The van der Waals surface area contributed by atoms with E-state index in [0.29, 0.717) is 12.0 Å². The Kier molecular flexibility index (Phi) is 5.69. The van der Waals surface area contributed by atoms with E-state index in [4.69, 9.17) is 4.74 Å². The molecule has 0 amide bonds. The van der Waals surface area contributed by atoms with Gasteiger partial charge in [-0.1, -0.05) is 0 Å². The number of nitrogens with one attached hydrogen (secondary N) is 1. The highest BCUT2D eigenvalue weighted by atomic mass is 19.1. The van der Waals surface area contributed by atoms with Crippen molar-refractivity contribution in [2.24, 2.45) is 0 Å². The van der Waals surface area contributed by atoms with Crippen molar-refractivity contribution in [2.45, 2.75) is 6.42 Å². The zero-order chi connectivity index (χ0) is 13.5. The van der Waals surface area contributed by atoms with E-state index < -0.39 is 11.6 Å². The molecule has 19 heavy (non-hydrogen) atoms. The fourth-order valence-corrected chi connectivity index (χ4v) is 2.17. The number of morpholine rings is 1. The average molecular weight is 270 g/mol.